The second-order valence-corrected chi connectivity index (χ2v) is 10.6. The van der Waals surface area contributed by atoms with Gasteiger partial charge >= 0.3 is 0 Å². The summed E-state index contributed by atoms with van der Waals surface area (Å²) in [7, 11) is 0.594. The number of benzene rings is 2. The van der Waals surface area contributed by atoms with Crippen LogP contribution in [0.2, 0.25) is 0 Å². The first-order valence-electron chi connectivity index (χ1n) is 11.1. The highest BCUT2D eigenvalue weighted by Gasteiger charge is 2.21. The number of rotatable bonds is 11. The molecule has 0 aliphatic carbocycles. The number of unbranched alkanes of at least 4 members (excludes halogenated alkanes) is 2. The molecule has 3 rings (SSSR count). The van der Waals surface area contributed by atoms with Gasteiger partial charge in [0.1, 0.15) is 5.75 Å². The maximum absolute atomic E-state index is 12.5. The van der Waals surface area contributed by atoms with Gasteiger partial charge in [-0.3, -0.25) is 4.79 Å². The number of H-pyrrole nitrogens is 1. The minimum Gasteiger partial charge on any atom is -0.378 e. The molecular formula is C25H33N3O3S. The molecule has 0 aliphatic rings. The van der Waals surface area contributed by atoms with Crippen LogP contribution in [-0.4, -0.2) is 51.5 Å². The van der Waals surface area contributed by atoms with Crippen molar-refractivity contribution in [3.8, 4) is 0 Å². The summed E-state index contributed by atoms with van der Waals surface area (Å²) in [5.41, 5.74) is 4.26. The van der Waals surface area contributed by atoms with E-state index in [9.17, 15) is 13.2 Å². The number of carbonyl (C=O) groups is 1. The van der Waals surface area contributed by atoms with Gasteiger partial charge in [-0.1, -0.05) is 50.1 Å². The number of para-hydroxylation sites is 1. The lowest BCUT2D eigenvalue weighted by Gasteiger charge is -2.20. The zero-order valence-corrected chi connectivity index (χ0v) is 19.9. The molecular weight excluding hydrogens is 422 g/mol. The zero-order valence-electron chi connectivity index (χ0n) is 19.1. The molecule has 0 spiro atoms. The Morgan fingerprint density at radius 3 is 2.47 bits per heavy atom. The normalized spacial score (nSPS) is 12.6. The van der Waals surface area contributed by atoms with E-state index in [0.717, 1.165) is 40.6 Å². The molecule has 1 heterocycles. The number of hydrogen-bond acceptors (Lipinski definition) is 4. The molecule has 7 heteroatoms. The molecule has 1 amide bonds. The number of carbonyl (C=O) groups excluding carboxylic acids is 1. The number of fused-ring (bicyclic) bond motifs is 1. The molecule has 1 aromatic heterocycles. The summed E-state index contributed by atoms with van der Waals surface area (Å²) in [6.45, 7) is 2.35. The van der Waals surface area contributed by atoms with Crippen molar-refractivity contribution in [1.82, 2.24) is 10.3 Å². The van der Waals surface area contributed by atoms with E-state index in [4.69, 9.17) is 0 Å². The fraction of sp³-hybridized carbons (Fsp3) is 0.400. The van der Waals surface area contributed by atoms with E-state index in [1.807, 2.05) is 50.3 Å². The van der Waals surface area contributed by atoms with Crippen molar-refractivity contribution in [1.29, 1.82) is 0 Å². The Bertz CT molecular complexity index is 1130. The van der Waals surface area contributed by atoms with E-state index < -0.39 is 21.5 Å². The van der Waals surface area contributed by atoms with E-state index in [-0.39, 0.29) is 11.7 Å². The first-order chi connectivity index (χ1) is 15.3. The molecule has 0 fully saturated rings. The van der Waals surface area contributed by atoms with E-state index in [0.29, 0.717) is 13.0 Å². The van der Waals surface area contributed by atoms with Crippen LogP contribution < -0.4 is 10.2 Å². The Morgan fingerprint density at radius 2 is 1.78 bits per heavy atom. The number of aromatic nitrogens is 1. The molecule has 1 unspecified atom stereocenters. The minimum absolute atomic E-state index is 0.0616. The van der Waals surface area contributed by atoms with Crippen molar-refractivity contribution >= 4 is 32.3 Å². The third-order valence-corrected chi connectivity index (χ3v) is 7.33. The molecule has 0 aliphatic heterocycles. The summed E-state index contributed by atoms with van der Waals surface area (Å²) in [6, 6.07) is 16.3. The molecule has 172 valence electrons. The molecule has 1 atom stereocenters. The lowest BCUT2D eigenvalue weighted by Crippen LogP contribution is -2.34. The zero-order chi connectivity index (χ0) is 23.1. The molecule has 6 nitrogen and oxygen atoms in total. The molecule has 0 saturated heterocycles. The van der Waals surface area contributed by atoms with Gasteiger partial charge in [0.05, 0.1) is 5.75 Å². The van der Waals surface area contributed by atoms with Crippen molar-refractivity contribution < 1.29 is 13.2 Å². The lowest BCUT2D eigenvalue weighted by molar-refractivity contribution is -0.118. The summed E-state index contributed by atoms with van der Waals surface area (Å²) in [5, 5.41) is 3.97. The van der Waals surface area contributed by atoms with Gasteiger partial charge in [-0.2, -0.15) is 0 Å². The van der Waals surface area contributed by atoms with Gasteiger partial charge in [0, 0.05) is 49.3 Å². The van der Waals surface area contributed by atoms with Gasteiger partial charge in [0.15, 0.2) is 9.84 Å². The fourth-order valence-electron chi connectivity index (χ4n) is 3.91. The predicted molar refractivity (Wildman–Crippen MR) is 132 cm³/mol. The number of nitrogens with zero attached hydrogens (tertiary/aromatic N) is 1. The molecule has 2 N–H and O–H groups in total. The molecule has 0 bridgehead atoms. The number of amides is 1. The number of anilines is 1. The van der Waals surface area contributed by atoms with Gasteiger partial charge in [-0.25, -0.2) is 8.42 Å². The van der Waals surface area contributed by atoms with Gasteiger partial charge in [0.25, 0.3) is 0 Å². The first-order valence-corrected chi connectivity index (χ1v) is 12.9. The molecule has 2 aromatic carbocycles. The Labute approximate surface area is 190 Å². The average Bonchev–Trinajstić information content (AvgIpc) is 3.18. The second kappa shape index (κ2) is 10.7. The summed E-state index contributed by atoms with van der Waals surface area (Å²) < 4.78 is 24.5. The number of hydrogen-bond donors (Lipinski definition) is 2. The standard InChI is InChI=1S/C25H33N3O3S/c1-4-5-8-15-32(30,31)18-25(29)27-16-22(19-11-13-20(14-12-19)28(2)3)23-17-26-24-10-7-6-9-21(23)24/h6-7,9-14,17,22,26H,4-5,8,15-16,18H2,1-3H3,(H,27,29). The van der Waals surface area contributed by atoms with Crippen molar-refractivity contribution in [2.75, 3.05) is 37.0 Å². The van der Waals surface area contributed by atoms with Crippen molar-refractivity contribution in [2.24, 2.45) is 0 Å². The van der Waals surface area contributed by atoms with Gasteiger partial charge in [-0.05, 0) is 35.7 Å². The number of aromatic amines is 1. The third-order valence-electron chi connectivity index (χ3n) is 5.72. The number of sulfone groups is 1. The van der Waals surface area contributed by atoms with E-state index in [1.54, 1.807) is 0 Å². The highest BCUT2D eigenvalue weighted by Crippen LogP contribution is 2.31. The van der Waals surface area contributed by atoms with E-state index in [1.165, 1.54) is 0 Å². The first kappa shape index (κ1) is 23.9. The fourth-order valence-corrected chi connectivity index (χ4v) is 5.20. The molecule has 32 heavy (non-hydrogen) atoms. The molecule has 0 radical (unpaired) electrons. The van der Waals surface area contributed by atoms with Crippen molar-refractivity contribution in [3.05, 3.63) is 65.9 Å². The quantitative estimate of drug-likeness (QED) is 0.427. The van der Waals surface area contributed by atoms with E-state index >= 15 is 0 Å². The average molecular weight is 456 g/mol. The topological polar surface area (TPSA) is 82.3 Å². The lowest BCUT2D eigenvalue weighted by atomic mass is 9.90. The molecule has 0 saturated carbocycles. The Morgan fingerprint density at radius 1 is 1.06 bits per heavy atom. The van der Waals surface area contributed by atoms with Crippen molar-refractivity contribution in [2.45, 2.75) is 32.1 Å². The second-order valence-electron chi connectivity index (χ2n) is 8.43. The molecule has 3 aromatic rings. The Kier molecular flexibility index (Phi) is 7.96. The maximum Gasteiger partial charge on any atom is 0.235 e. The van der Waals surface area contributed by atoms with Crippen LogP contribution in [0, 0.1) is 0 Å². The van der Waals surface area contributed by atoms with Crippen LogP contribution in [0.25, 0.3) is 10.9 Å². The minimum atomic E-state index is -3.39. The van der Waals surface area contributed by atoms with Crippen LogP contribution in [0.1, 0.15) is 43.2 Å². The summed E-state index contributed by atoms with van der Waals surface area (Å²) in [5.74, 6) is -0.950. The van der Waals surface area contributed by atoms with E-state index in [2.05, 4.69) is 40.6 Å². The smallest absolute Gasteiger partial charge is 0.235 e. The van der Waals surface area contributed by atoms with Gasteiger partial charge in [-0.15, -0.1) is 0 Å². The number of nitrogens with one attached hydrogen (secondary N) is 2. The van der Waals surface area contributed by atoms with Crippen LogP contribution in [-0.2, 0) is 14.6 Å². The third kappa shape index (κ3) is 6.13. The monoisotopic (exact) mass is 455 g/mol. The van der Waals surface area contributed by atoms with Crippen molar-refractivity contribution in [3.63, 3.8) is 0 Å². The predicted octanol–water partition coefficient (Wildman–Crippen LogP) is 4.09. The highest BCUT2D eigenvalue weighted by atomic mass is 32.2. The van der Waals surface area contributed by atoms with Crippen LogP contribution in [0.3, 0.4) is 0 Å². The van der Waals surface area contributed by atoms with Crippen LogP contribution >= 0.6 is 0 Å². The van der Waals surface area contributed by atoms with Crippen LogP contribution in [0.4, 0.5) is 5.69 Å². The summed E-state index contributed by atoms with van der Waals surface area (Å²) in [6.07, 6.45) is 4.37. The SMILES string of the molecule is CCCCCS(=O)(=O)CC(=O)NCC(c1ccc(N(C)C)cc1)c1c[nH]c2ccccc12. The van der Waals surface area contributed by atoms with Gasteiger partial charge < -0.3 is 15.2 Å². The Balaban J connectivity index is 1.80. The van der Waals surface area contributed by atoms with Crippen LogP contribution in [0.5, 0.6) is 0 Å². The maximum atomic E-state index is 12.5. The largest absolute Gasteiger partial charge is 0.378 e. The summed E-state index contributed by atoms with van der Waals surface area (Å²) in [4.78, 5) is 17.8. The van der Waals surface area contributed by atoms with Gasteiger partial charge in [0.2, 0.25) is 5.91 Å². The highest BCUT2D eigenvalue weighted by molar-refractivity contribution is 7.92. The van der Waals surface area contributed by atoms with Crippen LogP contribution in [0.15, 0.2) is 54.7 Å². The Hall–Kier alpha value is -2.80. The summed E-state index contributed by atoms with van der Waals surface area (Å²) >= 11 is 0.